The van der Waals surface area contributed by atoms with Crippen LogP contribution in [-0.4, -0.2) is 34.3 Å². The number of anilines is 1. The third-order valence-corrected chi connectivity index (χ3v) is 4.83. The van der Waals surface area contributed by atoms with Crippen LogP contribution in [0, 0.1) is 11.2 Å². The molecule has 3 rings (SSSR count). The van der Waals surface area contributed by atoms with Crippen molar-refractivity contribution >= 4 is 17.6 Å². The van der Waals surface area contributed by atoms with Crippen LogP contribution in [0.2, 0.25) is 0 Å². The highest BCUT2D eigenvalue weighted by Gasteiger charge is 2.22. The maximum atomic E-state index is 14.5. The topological polar surface area (TPSA) is 107 Å². The van der Waals surface area contributed by atoms with Gasteiger partial charge in [-0.2, -0.15) is 0 Å². The quantitative estimate of drug-likeness (QED) is 0.281. The van der Waals surface area contributed by atoms with E-state index >= 15 is 0 Å². The number of nitrogens with zero attached hydrogens (tertiary/aromatic N) is 2. The first kappa shape index (κ1) is 19.9. The van der Waals surface area contributed by atoms with Crippen molar-refractivity contribution in [3.8, 4) is 0 Å². The Bertz CT molecular complexity index is 914. The summed E-state index contributed by atoms with van der Waals surface area (Å²) in [6.45, 7) is 6.49. The highest BCUT2D eigenvalue weighted by Crippen LogP contribution is 2.26. The van der Waals surface area contributed by atoms with Crippen molar-refractivity contribution in [2.75, 3.05) is 11.9 Å². The average Bonchev–Trinajstić information content (AvgIpc) is 2.66. The summed E-state index contributed by atoms with van der Waals surface area (Å²) in [5.41, 5.74) is 2.14. The lowest BCUT2D eigenvalue weighted by molar-refractivity contribution is 0.102. The van der Waals surface area contributed by atoms with Gasteiger partial charge in [-0.3, -0.25) is 15.2 Å². The summed E-state index contributed by atoms with van der Waals surface area (Å²) in [5.74, 6) is 4.99. The lowest BCUT2D eigenvalue weighted by Crippen LogP contribution is -2.43. The first-order chi connectivity index (χ1) is 13.3. The van der Waals surface area contributed by atoms with Gasteiger partial charge in [0.1, 0.15) is 17.3 Å². The van der Waals surface area contributed by atoms with Crippen LogP contribution in [0.5, 0.6) is 0 Å². The summed E-state index contributed by atoms with van der Waals surface area (Å²) in [5, 5.41) is 15.3. The number of aromatic nitrogens is 1. The number of nitrogens with one attached hydrogen (secondary N) is 3. The number of hydrazine groups is 1. The van der Waals surface area contributed by atoms with Gasteiger partial charge in [0.05, 0.1) is 5.56 Å². The molecule has 148 valence electrons. The number of carbonyl (C=O) groups excluding carboxylic acids is 1. The molecule has 1 aromatic heterocycles. The van der Waals surface area contributed by atoms with E-state index in [1.165, 1.54) is 11.1 Å². The number of amides is 1. The van der Waals surface area contributed by atoms with Gasteiger partial charge in [0.15, 0.2) is 5.84 Å². The van der Waals surface area contributed by atoms with Gasteiger partial charge in [-0.15, -0.1) is 0 Å². The number of rotatable bonds is 4. The summed E-state index contributed by atoms with van der Waals surface area (Å²) >= 11 is 0. The van der Waals surface area contributed by atoms with Crippen molar-refractivity contribution in [2.45, 2.75) is 39.3 Å². The smallest absolute Gasteiger partial charge is 0.259 e. The molecule has 8 heteroatoms. The number of amidine groups is 1. The van der Waals surface area contributed by atoms with E-state index in [-0.39, 0.29) is 29.3 Å². The van der Waals surface area contributed by atoms with E-state index in [0.717, 1.165) is 24.1 Å². The van der Waals surface area contributed by atoms with E-state index in [4.69, 9.17) is 11.3 Å². The van der Waals surface area contributed by atoms with E-state index in [1.54, 1.807) is 24.3 Å². The summed E-state index contributed by atoms with van der Waals surface area (Å²) in [4.78, 5) is 16.9. The number of fused-ring (bicyclic) bond motifs is 1. The molecule has 2 heterocycles. The van der Waals surface area contributed by atoms with Gasteiger partial charge < -0.3 is 10.6 Å². The summed E-state index contributed by atoms with van der Waals surface area (Å²) in [7, 11) is 0. The van der Waals surface area contributed by atoms with Crippen LogP contribution >= 0.6 is 0 Å². The Kier molecular flexibility index (Phi) is 5.71. The second kappa shape index (κ2) is 8.04. The molecular formula is C20H25FN6O. The molecule has 0 radical (unpaired) electrons. The Morgan fingerprint density at radius 3 is 2.89 bits per heavy atom. The van der Waals surface area contributed by atoms with Gasteiger partial charge >= 0.3 is 0 Å². The minimum atomic E-state index is -0.581. The maximum Gasteiger partial charge on any atom is 0.259 e. The van der Waals surface area contributed by atoms with Gasteiger partial charge in [-0.05, 0) is 69.1 Å². The Morgan fingerprint density at radius 1 is 1.43 bits per heavy atom. The number of pyridine rings is 1. The second-order valence-corrected chi connectivity index (χ2v) is 7.17. The van der Waals surface area contributed by atoms with Crippen molar-refractivity contribution in [1.82, 2.24) is 15.3 Å². The van der Waals surface area contributed by atoms with Crippen LogP contribution in [0.1, 0.15) is 54.0 Å². The molecule has 1 unspecified atom stereocenters. The average molecular weight is 384 g/mol. The summed E-state index contributed by atoms with van der Waals surface area (Å²) in [6.07, 6.45) is 0.732. The molecule has 28 heavy (non-hydrogen) atoms. The van der Waals surface area contributed by atoms with Crippen LogP contribution in [0.3, 0.4) is 0 Å². The van der Waals surface area contributed by atoms with Crippen LogP contribution in [0.25, 0.3) is 0 Å². The van der Waals surface area contributed by atoms with Crippen molar-refractivity contribution in [3.05, 3.63) is 58.5 Å². The molecule has 2 aromatic rings. The van der Waals surface area contributed by atoms with Crippen molar-refractivity contribution in [2.24, 2.45) is 5.84 Å². The zero-order valence-electron chi connectivity index (χ0n) is 16.2. The molecule has 0 bridgehead atoms. The highest BCUT2D eigenvalue weighted by atomic mass is 19.1. The Hall–Kier alpha value is -2.84. The van der Waals surface area contributed by atoms with E-state index in [9.17, 15) is 9.18 Å². The molecular weight excluding hydrogens is 359 g/mol. The number of benzene rings is 1. The minimum absolute atomic E-state index is 0.0285. The maximum absolute atomic E-state index is 14.5. The number of nitrogens with two attached hydrogens (primary N) is 1. The molecule has 1 aliphatic heterocycles. The lowest BCUT2D eigenvalue weighted by atomic mass is 9.93. The number of hydrogen-bond donors (Lipinski definition) is 4. The molecule has 5 N–H and O–H groups in total. The monoisotopic (exact) mass is 384 g/mol. The molecule has 0 spiro atoms. The first-order valence-electron chi connectivity index (χ1n) is 9.25. The third kappa shape index (κ3) is 4.02. The first-order valence-corrected chi connectivity index (χ1v) is 9.25. The molecule has 1 amide bonds. The van der Waals surface area contributed by atoms with Gasteiger partial charge in [0, 0.05) is 12.1 Å². The Labute approximate surface area is 163 Å². The second-order valence-electron chi connectivity index (χ2n) is 7.17. The predicted molar refractivity (Wildman–Crippen MR) is 107 cm³/mol. The number of hydrogen-bond acceptors (Lipinski definition) is 5. The SMILES string of the molecule is CC1NCCc2cc(F)c(C(=O)Nc3cccc(C(=N)N(N)C(C)C)n3)cc21. The van der Waals surface area contributed by atoms with E-state index in [0.29, 0.717) is 5.69 Å². The molecule has 0 fully saturated rings. The minimum Gasteiger partial charge on any atom is -0.310 e. The van der Waals surface area contributed by atoms with Crippen LogP contribution in [-0.2, 0) is 6.42 Å². The Balaban J connectivity index is 1.83. The van der Waals surface area contributed by atoms with Crippen molar-refractivity contribution < 1.29 is 9.18 Å². The fourth-order valence-corrected chi connectivity index (χ4v) is 3.17. The van der Waals surface area contributed by atoms with Gasteiger partial charge in [-0.1, -0.05) is 6.07 Å². The normalized spacial score (nSPS) is 15.9. The number of halogens is 1. The Morgan fingerprint density at radius 2 is 2.18 bits per heavy atom. The molecule has 1 atom stereocenters. The van der Waals surface area contributed by atoms with Crippen LogP contribution < -0.4 is 16.5 Å². The van der Waals surface area contributed by atoms with Gasteiger partial charge in [-0.25, -0.2) is 15.2 Å². The molecule has 0 saturated heterocycles. The highest BCUT2D eigenvalue weighted by molar-refractivity contribution is 6.04. The van der Waals surface area contributed by atoms with E-state index in [2.05, 4.69) is 15.6 Å². The molecule has 7 nitrogen and oxygen atoms in total. The fraction of sp³-hybridized carbons (Fsp3) is 0.350. The fourth-order valence-electron chi connectivity index (χ4n) is 3.17. The van der Waals surface area contributed by atoms with Crippen molar-refractivity contribution in [1.29, 1.82) is 5.41 Å². The zero-order chi connectivity index (χ0) is 20.4. The number of carbonyl (C=O) groups is 1. The lowest BCUT2D eigenvalue weighted by Gasteiger charge is -2.24. The standard InChI is InChI=1S/C20H25FN6O/c1-11(2)27(23)19(22)17-5-4-6-18(25-17)26-20(28)15-10-14-12(3)24-8-7-13(14)9-16(15)21/h4-6,9-12,22,24H,7-8,23H2,1-3H3,(H,25,26,28). The van der Waals surface area contributed by atoms with Crippen molar-refractivity contribution in [3.63, 3.8) is 0 Å². The molecule has 0 saturated carbocycles. The zero-order valence-corrected chi connectivity index (χ0v) is 16.2. The summed E-state index contributed by atoms with van der Waals surface area (Å²) < 4.78 is 14.5. The largest absolute Gasteiger partial charge is 0.310 e. The molecule has 1 aliphatic rings. The van der Waals surface area contributed by atoms with Crippen LogP contribution in [0.4, 0.5) is 10.2 Å². The summed E-state index contributed by atoms with van der Waals surface area (Å²) in [6, 6.07) is 7.91. The van der Waals surface area contributed by atoms with E-state index < -0.39 is 11.7 Å². The third-order valence-electron chi connectivity index (χ3n) is 4.83. The predicted octanol–water partition coefficient (Wildman–Crippen LogP) is 2.59. The van der Waals surface area contributed by atoms with E-state index in [1.807, 2.05) is 20.8 Å². The van der Waals surface area contributed by atoms with Gasteiger partial charge in [0.2, 0.25) is 0 Å². The molecule has 0 aliphatic carbocycles. The van der Waals surface area contributed by atoms with Gasteiger partial charge in [0.25, 0.3) is 5.91 Å². The molecule has 1 aromatic carbocycles. The van der Waals surface area contributed by atoms with Crippen LogP contribution in [0.15, 0.2) is 30.3 Å².